The number of fused-ring (bicyclic) bond motifs is 2. The van der Waals surface area contributed by atoms with E-state index in [2.05, 4.69) is 25.3 Å². The van der Waals surface area contributed by atoms with Crippen molar-refractivity contribution in [2.45, 2.75) is 31.0 Å². The number of aromatic amines is 1. The monoisotopic (exact) mass is 494 g/mol. The maximum atomic E-state index is 11.2. The number of ether oxygens (including phenoxy) is 1. The average molecular weight is 495 g/mol. The van der Waals surface area contributed by atoms with Gasteiger partial charge in [-0.25, -0.2) is 4.98 Å². The number of aromatic nitrogens is 5. The van der Waals surface area contributed by atoms with Crippen LogP contribution in [0.2, 0.25) is 5.28 Å². The number of imidazole rings is 1. The van der Waals surface area contributed by atoms with Crippen LogP contribution in [0.5, 0.6) is 0 Å². The SMILES string of the molecule is O=P(O)(O)CCC1OC(n2cnc3c(Nc4ccc5[nH]ccc5c4)nc(Cl)nc32)C(O)C1O. The molecule has 0 radical (unpaired) electrons. The number of H-pyrrole nitrogens is 1. The van der Waals surface area contributed by atoms with E-state index in [9.17, 15) is 14.8 Å². The van der Waals surface area contributed by atoms with Crippen LogP contribution < -0.4 is 5.32 Å². The largest absolute Gasteiger partial charge is 0.388 e. The van der Waals surface area contributed by atoms with Gasteiger partial charge < -0.3 is 35.0 Å². The van der Waals surface area contributed by atoms with Crippen molar-refractivity contribution in [1.82, 2.24) is 24.5 Å². The lowest BCUT2D eigenvalue weighted by molar-refractivity contribution is -0.0355. The summed E-state index contributed by atoms with van der Waals surface area (Å²) >= 11 is 6.15. The summed E-state index contributed by atoms with van der Waals surface area (Å²) in [5, 5.41) is 25.0. The number of nitrogens with one attached hydrogen (secondary N) is 2. The summed E-state index contributed by atoms with van der Waals surface area (Å²) in [5.41, 5.74) is 2.34. The van der Waals surface area contributed by atoms with Crippen molar-refractivity contribution in [1.29, 1.82) is 0 Å². The highest BCUT2D eigenvalue weighted by Crippen LogP contribution is 2.40. The molecule has 4 atom stereocenters. The Labute approximate surface area is 191 Å². The highest BCUT2D eigenvalue weighted by Gasteiger charge is 2.44. The molecular weight excluding hydrogens is 475 g/mol. The number of aliphatic hydroxyl groups is 2. The van der Waals surface area contributed by atoms with Crippen LogP contribution >= 0.6 is 19.2 Å². The fourth-order valence-electron chi connectivity index (χ4n) is 3.92. The van der Waals surface area contributed by atoms with Gasteiger partial charge in [-0.2, -0.15) is 9.97 Å². The highest BCUT2D eigenvalue weighted by atomic mass is 35.5. The summed E-state index contributed by atoms with van der Waals surface area (Å²) in [7, 11) is -4.28. The van der Waals surface area contributed by atoms with E-state index in [4.69, 9.17) is 26.1 Å². The highest BCUT2D eigenvalue weighted by molar-refractivity contribution is 7.51. The molecule has 1 aliphatic rings. The lowest BCUT2D eigenvalue weighted by Gasteiger charge is -2.17. The van der Waals surface area contributed by atoms with Crippen LogP contribution in [0.3, 0.4) is 0 Å². The maximum Gasteiger partial charge on any atom is 0.325 e. The van der Waals surface area contributed by atoms with Gasteiger partial charge >= 0.3 is 7.60 Å². The zero-order valence-corrected chi connectivity index (χ0v) is 18.6. The minimum atomic E-state index is -4.28. The molecule has 1 saturated heterocycles. The molecule has 33 heavy (non-hydrogen) atoms. The van der Waals surface area contributed by atoms with Gasteiger partial charge in [0.2, 0.25) is 5.28 Å². The molecule has 14 heteroatoms. The van der Waals surface area contributed by atoms with Crippen LogP contribution in [0.25, 0.3) is 22.1 Å². The zero-order valence-electron chi connectivity index (χ0n) is 16.9. The Kier molecular flexibility index (Phi) is 5.61. The molecule has 4 heterocycles. The van der Waals surface area contributed by atoms with Crippen molar-refractivity contribution in [3.8, 4) is 0 Å². The van der Waals surface area contributed by atoms with Crippen LogP contribution in [0.4, 0.5) is 11.5 Å². The normalized spacial score (nSPS) is 23.5. The van der Waals surface area contributed by atoms with Crippen LogP contribution in [0.1, 0.15) is 12.6 Å². The van der Waals surface area contributed by atoms with Gasteiger partial charge in [0.1, 0.15) is 12.2 Å². The van der Waals surface area contributed by atoms with Gasteiger partial charge in [0.25, 0.3) is 0 Å². The van der Waals surface area contributed by atoms with Crippen LogP contribution in [0.15, 0.2) is 36.8 Å². The molecule has 0 amide bonds. The molecule has 0 bridgehead atoms. The predicted octanol–water partition coefficient (Wildman–Crippen LogP) is 1.89. The van der Waals surface area contributed by atoms with Crippen LogP contribution in [-0.2, 0) is 9.30 Å². The molecule has 0 aliphatic carbocycles. The fraction of sp³-hybridized carbons (Fsp3) is 0.316. The fourth-order valence-corrected chi connectivity index (χ4v) is 4.68. The van der Waals surface area contributed by atoms with Gasteiger partial charge in [0, 0.05) is 22.8 Å². The van der Waals surface area contributed by atoms with Crippen LogP contribution in [-0.4, -0.2) is 69.0 Å². The lowest BCUT2D eigenvalue weighted by Crippen LogP contribution is -2.31. The number of rotatable bonds is 6. The van der Waals surface area contributed by atoms with Gasteiger partial charge in [0.15, 0.2) is 23.2 Å². The van der Waals surface area contributed by atoms with Crippen molar-refractivity contribution in [2.75, 3.05) is 11.5 Å². The molecule has 3 aromatic heterocycles. The minimum Gasteiger partial charge on any atom is -0.388 e. The maximum absolute atomic E-state index is 11.2. The van der Waals surface area contributed by atoms with Crippen LogP contribution in [0, 0.1) is 0 Å². The summed E-state index contributed by atoms with van der Waals surface area (Å²) in [6.07, 6.45) is -2.17. The first-order valence-corrected chi connectivity index (χ1v) is 12.2. The molecule has 6 N–H and O–H groups in total. The summed E-state index contributed by atoms with van der Waals surface area (Å²) in [6.45, 7) is 0. The first-order chi connectivity index (χ1) is 15.7. The molecule has 0 saturated carbocycles. The molecule has 4 unspecified atom stereocenters. The van der Waals surface area contributed by atoms with E-state index in [0.29, 0.717) is 11.3 Å². The Morgan fingerprint density at radius 2 is 2.03 bits per heavy atom. The van der Waals surface area contributed by atoms with E-state index in [0.717, 1.165) is 16.6 Å². The molecule has 1 fully saturated rings. The Bertz CT molecular complexity index is 1370. The third kappa shape index (κ3) is 4.34. The third-order valence-corrected chi connectivity index (χ3v) is 6.54. The second-order valence-corrected chi connectivity index (χ2v) is 9.91. The summed E-state index contributed by atoms with van der Waals surface area (Å²) in [5.74, 6) is 0.338. The van der Waals surface area contributed by atoms with Crippen molar-refractivity contribution >= 4 is 52.8 Å². The number of hydrogen-bond acceptors (Lipinski definition) is 8. The lowest BCUT2D eigenvalue weighted by atomic mass is 10.1. The topological polar surface area (TPSA) is 179 Å². The molecule has 174 valence electrons. The van der Waals surface area contributed by atoms with Gasteiger partial charge in [0.05, 0.1) is 18.6 Å². The molecule has 0 spiro atoms. The van der Waals surface area contributed by atoms with Crippen molar-refractivity contribution < 1.29 is 29.3 Å². The van der Waals surface area contributed by atoms with E-state index in [1.807, 2.05) is 30.5 Å². The van der Waals surface area contributed by atoms with Crippen molar-refractivity contribution in [3.05, 3.63) is 42.1 Å². The Balaban J connectivity index is 1.45. The van der Waals surface area contributed by atoms with Gasteiger partial charge in [-0.05, 0) is 42.3 Å². The molecule has 12 nitrogen and oxygen atoms in total. The molecular formula is C19H20ClN6O6P. The quantitative estimate of drug-likeness (QED) is 0.171. The first kappa shape index (κ1) is 22.2. The van der Waals surface area contributed by atoms with E-state index < -0.39 is 38.3 Å². The van der Waals surface area contributed by atoms with Gasteiger partial charge in [-0.1, -0.05) is 0 Å². The third-order valence-electron chi connectivity index (χ3n) is 5.53. The minimum absolute atomic E-state index is 0.0689. The second kappa shape index (κ2) is 8.33. The van der Waals surface area contributed by atoms with Gasteiger partial charge in [-0.15, -0.1) is 0 Å². The number of hydrogen-bond donors (Lipinski definition) is 6. The number of aliphatic hydroxyl groups excluding tert-OH is 2. The van der Waals surface area contributed by atoms with Gasteiger partial charge in [-0.3, -0.25) is 9.13 Å². The smallest absolute Gasteiger partial charge is 0.325 e. The Morgan fingerprint density at radius 3 is 2.82 bits per heavy atom. The number of anilines is 2. The average Bonchev–Trinajstić information content (AvgIpc) is 3.45. The second-order valence-electron chi connectivity index (χ2n) is 7.79. The van der Waals surface area contributed by atoms with E-state index in [1.165, 1.54) is 10.9 Å². The molecule has 4 aromatic rings. The predicted molar refractivity (Wildman–Crippen MR) is 119 cm³/mol. The van der Waals surface area contributed by atoms with E-state index in [1.54, 1.807) is 0 Å². The molecule has 5 rings (SSSR count). The Hall–Kier alpha value is -2.57. The summed E-state index contributed by atoms with van der Waals surface area (Å²) < 4.78 is 18.3. The standard InChI is InChI=1S/C19H20ClN6O6P/c20-19-24-16(23-10-1-2-11-9(7-10)3-5-21-11)13-17(25-19)26(8-22-13)18-15(28)14(27)12(32-18)4-6-33(29,30)31/h1-3,5,7-8,12,14-15,18,21,27-28H,4,6H2,(H,23,24,25)(H2,29,30,31). The number of benzene rings is 1. The molecule has 1 aromatic carbocycles. The first-order valence-electron chi connectivity index (χ1n) is 10.00. The Morgan fingerprint density at radius 1 is 1.21 bits per heavy atom. The summed E-state index contributed by atoms with van der Waals surface area (Å²) in [4.78, 5) is 34.1. The van der Waals surface area contributed by atoms with Crippen molar-refractivity contribution in [3.63, 3.8) is 0 Å². The van der Waals surface area contributed by atoms with E-state index >= 15 is 0 Å². The van der Waals surface area contributed by atoms with E-state index in [-0.39, 0.29) is 17.4 Å². The van der Waals surface area contributed by atoms with Crippen molar-refractivity contribution in [2.24, 2.45) is 0 Å². The number of halogens is 1. The summed E-state index contributed by atoms with van der Waals surface area (Å²) in [6, 6.07) is 7.64. The zero-order chi connectivity index (χ0) is 23.3. The number of nitrogens with zero attached hydrogens (tertiary/aromatic N) is 4. The molecule has 1 aliphatic heterocycles.